The summed E-state index contributed by atoms with van der Waals surface area (Å²) in [5, 5.41) is 58.1. The predicted molar refractivity (Wildman–Crippen MR) is 208 cm³/mol. The summed E-state index contributed by atoms with van der Waals surface area (Å²) in [7, 11) is -2.95. The lowest BCUT2D eigenvalue weighted by atomic mass is 9.98. The Morgan fingerprint density at radius 1 is 0.789 bits per heavy atom. The zero-order valence-electron chi connectivity index (χ0n) is 30.0. The van der Waals surface area contributed by atoms with Gasteiger partial charge in [0, 0.05) is 22.4 Å². The molecule has 2 aliphatic heterocycles. The van der Waals surface area contributed by atoms with Gasteiger partial charge in [0.1, 0.15) is 54.0 Å². The van der Waals surface area contributed by atoms with E-state index in [1.165, 1.54) is 23.0 Å². The van der Waals surface area contributed by atoms with E-state index in [-0.39, 0.29) is 29.7 Å². The lowest BCUT2D eigenvalue weighted by Crippen LogP contribution is -2.56. The maximum absolute atomic E-state index is 15.1. The van der Waals surface area contributed by atoms with Gasteiger partial charge in [-0.1, -0.05) is 65.9 Å². The molecule has 8 rings (SSSR count). The molecular weight excluding hydrogens is 737 g/mol. The number of aliphatic imine (C=N–C) groups is 2. The van der Waals surface area contributed by atoms with Gasteiger partial charge in [0.05, 0.1) is 18.5 Å². The van der Waals surface area contributed by atoms with Crippen LogP contribution in [0, 0.1) is 0 Å². The molecule has 16 heteroatoms. The van der Waals surface area contributed by atoms with E-state index in [9.17, 15) is 25.5 Å². The molecule has 1 saturated heterocycles. The monoisotopic (exact) mass is 772 g/mol. The van der Waals surface area contributed by atoms with Gasteiger partial charge in [-0.05, 0) is 77.4 Å². The Labute approximate surface area is 325 Å². The average Bonchev–Trinajstić information content (AvgIpc) is 3.99. The molecule has 6 aromatic rings. The molecule has 2 aromatic heterocycles. The number of hydrogen-bond donors (Lipinski definition) is 5. The minimum Gasteiger partial charge on any atom is -0.508 e. The normalized spacial score (nSPS) is 21.4. The molecule has 13 nitrogen and oxygen atoms in total. The first-order valence-corrected chi connectivity index (χ1v) is 18.0. The van der Waals surface area contributed by atoms with E-state index in [2.05, 4.69) is 10.3 Å². The fourth-order valence-electron chi connectivity index (χ4n) is 6.77. The highest BCUT2D eigenvalue weighted by molar-refractivity contribution is 6.43. The maximum Gasteiger partial charge on any atom is 0.679 e. The van der Waals surface area contributed by atoms with Crippen LogP contribution in [0.1, 0.15) is 23.0 Å². The van der Waals surface area contributed by atoms with Crippen LogP contribution in [-0.4, -0.2) is 95.0 Å². The maximum atomic E-state index is 15.1. The van der Waals surface area contributed by atoms with Gasteiger partial charge in [-0.3, -0.25) is 8.63 Å². The van der Waals surface area contributed by atoms with E-state index in [1.807, 2.05) is 66.7 Å². The number of hydrogen-bond acceptors (Lipinski definition) is 10. The first-order chi connectivity index (χ1) is 27.7. The zero-order valence-corrected chi connectivity index (χ0v) is 30.0. The molecule has 0 radical (unpaired) electrons. The smallest absolute Gasteiger partial charge is 0.508 e. The van der Waals surface area contributed by atoms with Crippen molar-refractivity contribution in [3.8, 4) is 33.9 Å². The summed E-state index contributed by atoms with van der Waals surface area (Å²) in [6, 6.07) is 33.4. The lowest BCUT2D eigenvalue weighted by molar-refractivity contribution is -0.254. The number of aliphatic hydroxyl groups is 4. The first kappa shape index (κ1) is 37.6. The third kappa shape index (κ3) is 7.64. The number of amidine groups is 1. The van der Waals surface area contributed by atoms with Crippen molar-refractivity contribution in [2.75, 3.05) is 6.61 Å². The predicted octanol–water partition coefficient (Wildman–Crippen LogP) is 5.06. The summed E-state index contributed by atoms with van der Waals surface area (Å²) in [4.78, 5) is 9.76. The Morgan fingerprint density at radius 3 is 2.12 bits per heavy atom. The number of halogens is 2. The van der Waals surface area contributed by atoms with E-state index < -0.39 is 44.7 Å². The van der Waals surface area contributed by atoms with Crippen LogP contribution < -0.4 is 4.74 Å². The summed E-state index contributed by atoms with van der Waals surface area (Å²) in [6.07, 6.45) is -3.54. The third-order valence-electron chi connectivity index (χ3n) is 9.72. The molecule has 0 saturated carbocycles. The van der Waals surface area contributed by atoms with Gasteiger partial charge >= 0.3 is 7.40 Å². The fraction of sp³-hybridized carbons (Fsp3) is 0.171. The minimum absolute atomic E-state index is 0.00770. The van der Waals surface area contributed by atoms with Crippen LogP contribution in [0.5, 0.6) is 11.5 Å². The van der Waals surface area contributed by atoms with Gasteiger partial charge in [-0.15, -0.1) is 5.10 Å². The van der Waals surface area contributed by atoms with Gasteiger partial charge in [-0.25, -0.2) is 14.7 Å². The van der Waals surface area contributed by atoms with Crippen molar-refractivity contribution in [1.82, 2.24) is 19.5 Å². The Kier molecular flexibility index (Phi) is 10.6. The number of aliphatic hydroxyl groups excluding tert-OH is 4. The molecule has 2 aliphatic rings. The van der Waals surface area contributed by atoms with Crippen molar-refractivity contribution in [3.05, 3.63) is 144 Å². The van der Waals surface area contributed by atoms with Crippen molar-refractivity contribution < 1.29 is 43.6 Å². The zero-order chi connectivity index (χ0) is 39.6. The van der Waals surface area contributed by atoms with Crippen LogP contribution in [-0.2, 0) is 11.3 Å². The highest BCUT2D eigenvalue weighted by atomic mass is 19.2. The molecule has 4 heterocycles. The van der Waals surface area contributed by atoms with Crippen LogP contribution in [0.2, 0.25) is 0 Å². The van der Waals surface area contributed by atoms with E-state index in [0.29, 0.717) is 45.0 Å². The van der Waals surface area contributed by atoms with Crippen molar-refractivity contribution in [1.29, 1.82) is 0 Å². The van der Waals surface area contributed by atoms with Crippen molar-refractivity contribution in [2.24, 2.45) is 9.98 Å². The highest BCUT2D eigenvalue weighted by Crippen LogP contribution is 2.41. The quantitative estimate of drug-likeness (QED) is 0.113. The van der Waals surface area contributed by atoms with Crippen LogP contribution in [0.3, 0.4) is 0 Å². The van der Waals surface area contributed by atoms with Crippen LogP contribution >= 0.6 is 0 Å². The topological polar surface area (TPSA) is 180 Å². The number of aromatic hydroxyl groups is 1. The Bertz CT molecular complexity index is 2440. The average molecular weight is 773 g/mol. The standard InChI is InChI=1S/C41H35BF2N6O7/c43-42(44)50-34(27-11-15-29(52)16-12-27)20-32(25-9-5-2-6-10-25)40(50)46-39-31(24-7-3-1-4-8-24)19-33(45-39)26-13-17-30(18-14-26)56-23-28-21-49(48-47-28)41-38(55)37(54)36(53)35(22-51)57-41/h1-21,35-38,41,51-55H,22-23H2/b46-39-/t35-,36+,37+,38-,41-/m0/s1. The van der Waals surface area contributed by atoms with Crippen molar-refractivity contribution >= 4 is 30.3 Å². The second-order valence-corrected chi connectivity index (χ2v) is 13.4. The molecule has 0 amide bonds. The number of phenolic OH excluding ortho intramolecular Hbond substituents is 1. The van der Waals surface area contributed by atoms with Crippen molar-refractivity contribution in [2.45, 2.75) is 37.3 Å². The van der Waals surface area contributed by atoms with Gasteiger partial charge in [0.2, 0.25) is 0 Å². The second-order valence-electron chi connectivity index (χ2n) is 13.4. The number of benzene rings is 4. The Balaban J connectivity index is 1.09. The minimum atomic E-state index is -2.95. The number of ether oxygens (including phenoxy) is 2. The van der Waals surface area contributed by atoms with Gasteiger partial charge in [0.15, 0.2) is 12.1 Å². The summed E-state index contributed by atoms with van der Waals surface area (Å²) in [5.74, 6) is 0.772. The summed E-state index contributed by atoms with van der Waals surface area (Å²) < 4.78 is 43.8. The molecule has 0 aliphatic carbocycles. The molecule has 57 heavy (non-hydrogen) atoms. The fourth-order valence-corrected chi connectivity index (χ4v) is 6.77. The van der Waals surface area contributed by atoms with Crippen LogP contribution in [0.25, 0.3) is 28.0 Å². The molecule has 1 fully saturated rings. The van der Waals surface area contributed by atoms with E-state index in [4.69, 9.17) is 19.5 Å². The third-order valence-corrected chi connectivity index (χ3v) is 9.72. The molecule has 5 N–H and O–H groups in total. The number of aromatic nitrogens is 4. The van der Waals surface area contributed by atoms with E-state index >= 15 is 8.63 Å². The van der Waals surface area contributed by atoms with Gasteiger partial charge in [0.25, 0.3) is 0 Å². The summed E-state index contributed by atoms with van der Waals surface area (Å²) >= 11 is 0. The molecule has 0 bridgehead atoms. The Hall–Kier alpha value is -6.30. The lowest BCUT2D eigenvalue weighted by Gasteiger charge is -2.39. The van der Waals surface area contributed by atoms with Crippen LogP contribution in [0.15, 0.2) is 138 Å². The van der Waals surface area contributed by atoms with Crippen LogP contribution in [0.4, 0.5) is 14.4 Å². The molecule has 0 spiro atoms. The summed E-state index contributed by atoms with van der Waals surface area (Å²) in [6.45, 7) is -0.580. The van der Waals surface area contributed by atoms with Gasteiger partial charge in [-0.2, -0.15) is 0 Å². The summed E-state index contributed by atoms with van der Waals surface area (Å²) in [5.41, 5.74) is 4.96. The molecule has 4 aromatic carbocycles. The molecule has 288 valence electrons. The second kappa shape index (κ2) is 16.1. The van der Waals surface area contributed by atoms with Crippen molar-refractivity contribution in [3.63, 3.8) is 0 Å². The first-order valence-electron chi connectivity index (χ1n) is 18.0. The van der Waals surface area contributed by atoms with Gasteiger partial charge < -0.3 is 39.5 Å². The number of rotatable bonds is 11. The molecular formula is C41H35BF2N6O7. The number of allylic oxidation sites excluding steroid dienone is 1. The highest BCUT2D eigenvalue weighted by Gasteiger charge is 2.44. The largest absolute Gasteiger partial charge is 0.679 e. The molecule has 5 atom stereocenters. The molecule has 0 unspecified atom stereocenters. The number of nitrogens with zero attached hydrogens (tertiary/aromatic N) is 6. The Morgan fingerprint density at radius 2 is 1.46 bits per heavy atom. The number of phenols is 1. The SMILES string of the molecule is OC[C@@H]1O[C@H](n2cc(COc3ccc(C4=N/C(=N\c5c(-c6ccccc6)cc(-c6ccc(O)cc6)n5B(F)F)C(c5ccccc5)=C4)cc3)nn2)[C@@H](O)[C@H](O)[C@@H]1O. The van der Waals surface area contributed by atoms with E-state index in [0.717, 1.165) is 10.0 Å². The van der Waals surface area contributed by atoms with E-state index in [1.54, 1.807) is 42.5 Å².